The maximum absolute atomic E-state index is 12.5. The number of ether oxygens (including phenoxy) is 4. The van der Waals surface area contributed by atoms with Gasteiger partial charge in [0.25, 0.3) is 5.91 Å². The van der Waals surface area contributed by atoms with Crippen molar-refractivity contribution in [2.24, 2.45) is 0 Å². The van der Waals surface area contributed by atoms with Gasteiger partial charge in [0.15, 0.2) is 17.3 Å². The summed E-state index contributed by atoms with van der Waals surface area (Å²) in [7, 11) is 6.14. The maximum Gasteiger partial charge on any atom is 0.258 e. The lowest BCUT2D eigenvalue weighted by atomic mass is 10.2. The van der Waals surface area contributed by atoms with Gasteiger partial charge in [0.1, 0.15) is 11.5 Å². The van der Waals surface area contributed by atoms with Gasteiger partial charge in [-0.1, -0.05) is 0 Å². The summed E-state index contributed by atoms with van der Waals surface area (Å²) < 4.78 is 20.9. The highest BCUT2D eigenvalue weighted by atomic mass is 16.5. The summed E-state index contributed by atoms with van der Waals surface area (Å²) in [6.45, 7) is 0. The Kier molecular flexibility index (Phi) is 5.64. The summed E-state index contributed by atoms with van der Waals surface area (Å²) in [5.41, 5.74) is 1.09. The van der Waals surface area contributed by atoms with Gasteiger partial charge in [0.2, 0.25) is 5.95 Å². The molecule has 0 bridgehead atoms. The zero-order chi connectivity index (χ0) is 20.1. The van der Waals surface area contributed by atoms with Crippen molar-refractivity contribution in [1.82, 2.24) is 15.2 Å². The van der Waals surface area contributed by atoms with Crippen molar-refractivity contribution in [2.45, 2.75) is 0 Å². The van der Waals surface area contributed by atoms with Crippen molar-refractivity contribution in [2.75, 3.05) is 33.8 Å². The lowest BCUT2D eigenvalue weighted by Crippen LogP contribution is -2.13. The Morgan fingerprint density at radius 2 is 1.57 bits per heavy atom. The Morgan fingerprint density at radius 1 is 0.893 bits per heavy atom. The Hall–Kier alpha value is -3.75. The fourth-order valence-corrected chi connectivity index (χ4v) is 2.54. The van der Waals surface area contributed by atoms with E-state index in [0.717, 1.165) is 5.56 Å². The predicted octanol–water partition coefficient (Wildman–Crippen LogP) is 2.76. The third-order valence-electron chi connectivity index (χ3n) is 3.98. The Balaban J connectivity index is 1.80. The number of carbonyl (C=O) groups is 1. The Morgan fingerprint density at radius 3 is 2.18 bits per heavy atom. The molecule has 0 atom stereocenters. The molecule has 0 radical (unpaired) electrons. The van der Waals surface area contributed by atoms with Crippen LogP contribution >= 0.6 is 0 Å². The summed E-state index contributed by atoms with van der Waals surface area (Å²) in [6, 6.07) is 10.2. The highest BCUT2D eigenvalue weighted by Gasteiger charge is 2.14. The van der Waals surface area contributed by atoms with Crippen LogP contribution in [0.5, 0.6) is 23.0 Å². The predicted molar refractivity (Wildman–Crippen MR) is 102 cm³/mol. The van der Waals surface area contributed by atoms with E-state index in [-0.39, 0.29) is 5.95 Å². The minimum absolute atomic E-state index is 0.136. The number of anilines is 1. The standard InChI is InChI=1S/C19H20N4O5/c1-25-13-7-12(8-14(10-13)26-2)18(24)21-19-20-17(22-23-19)11-5-6-15(27-3)16(9-11)28-4/h5-10H,1-4H3,(H2,20,21,22,23,24). The van der Waals surface area contributed by atoms with Crippen LogP contribution in [0.1, 0.15) is 10.4 Å². The monoisotopic (exact) mass is 384 g/mol. The van der Waals surface area contributed by atoms with Gasteiger partial charge in [-0.3, -0.25) is 15.2 Å². The summed E-state index contributed by atoms with van der Waals surface area (Å²) in [5.74, 6) is 2.39. The molecule has 0 spiro atoms. The molecule has 1 aromatic heterocycles. The normalized spacial score (nSPS) is 10.3. The van der Waals surface area contributed by atoms with Gasteiger partial charge < -0.3 is 18.9 Å². The van der Waals surface area contributed by atoms with Crippen molar-refractivity contribution in [3.05, 3.63) is 42.0 Å². The molecule has 2 N–H and O–H groups in total. The van der Waals surface area contributed by atoms with Crippen molar-refractivity contribution in [3.63, 3.8) is 0 Å². The third-order valence-corrected chi connectivity index (χ3v) is 3.98. The number of hydrogen-bond acceptors (Lipinski definition) is 7. The van der Waals surface area contributed by atoms with Gasteiger partial charge in [-0.25, -0.2) is 0 Å². The zero-order valence-corrected chi connectivity index (χ0v) is 15.9. The first-order valence-corrected chi connectivity index (χ1v) is 8.27. The average molecular weight is 384 g/mol. The van der Waals surface area contributed by atoms with Gasteiger partial charge in [-0.05, 0) is 30.3 Å². The van der Waals surface area contributed by atoms with E-state index in [2.05, 4.69) is 20.5 Å². The molecule has 0 unspecified atom stereocenters. The molecule has 1 heterocycles. The molecule has 0 aliphatic heterocycles. The molecule has 0 aliphatic rings. The second kappa shape index (κ2) is 8.30. The number of rotatable bonds is 7. The number of carbonyl (C=O) groups excluding carboxylic acids is 1. The number of methoxy groups -OCH3 is 4. The lowest BCUT2D eigenvalue weighted by molar-refractivity contribution is 0.102. The van der Waals surface area contributed by atoms with Crippen molar-refractivity contribution >= 4 is 11.9 Å². The van der Waals surface area contributed by atoms with Crippen molar-refractivity contribution < 1.29 is 23.7 Å². The summed E-state index contributed by atoms with van der Waals surface area (Å²) >= 11 is 0. The molecule has 0 aliphatic carbocycles. The first kappa shape index (κ1) is 19.0. The van der Waals surface area contributed by atoms with Crippen LogP contribution in [-0.4, -0.2) is 49.5 Å². The molecule has 9 nitrogen and oxygen atoms in total. The number of aromatic nitrogens is 3. The van der Waals surface area contributed by atoms with Crippen LogP contribution in [0.4, 0.5) is 5.95 Å². The number of hydrogen-bond donors (Lipinski definition) is 2. The van der Waals surface area contributed by atoms with E-state index in [4.69, 9.17) is 18.9 Å². The highest BCUT2D eigenvalue weighted by Crippen LogP contribution is 2.31. The molecular formula is C19H20N4O5. The van der Waals surface area contributed by atoms with E-state index < -0.39 is 5.91 Å². The van der Waals surface area contributed by atoms with Crippen molar-refractivity contribution in [3.8, 4) is 34.4 Å². The summed E-state index contributed by atoms with van der Waals surface area (Å²) in [5, 5.41) is 9.47. The van der Waals surface area contributed by atoms with E-state index in [9.17, 15) is 4.79 Å². The Labute approximate surface area is 161 Å². The summed E-state index contributed by atoms with van der Waals surface area (Å²) in [6.07, 6.45) is 0. The molecule has 0 saturated carbocycles. The number of aromatic amines is 1. The van der Waals surface area contributed by atoms with Crippen LogP contribution in [-0.2, 0) is 0 Å². The third kappa shape index (κ3) is 3.98. The van der Waals surface area contributed by atoms with Gasteiger partial charge >= 0.3 is 0 Å². The highest BCUT2D eigenvalue weighted by molar-refractivity contribution is 6.04. The fourth-order valence-electron chi connectivity index (χ4n) is 2.54. The number of nitrogens with zero attached hydrogens (tertiary/aromatic N) is 2. The molecule has 146 valence electrons. The zero-order valence-electron chi connectivity index (χ0n) is 15.9. The first-order chi connectivity index (χ1) is 13.6. The van der Waals surface area contributed by atoms with Crippen LogP contribution in [0.15, 0.2) is 36.4 Å². The largest absolute Gasteiger partial charge is 0.497 e. The number of amides is 1. The van der Waals surface area contributed by atoms with Crippen LogP contribution in [0.3, 0.4) is 0 Å². The fraction of sp³-hybridized carbons (Fsp3) is 0.211. The van der Waals surface area contributed by atoms with Crippen LogP contribution in [0.25, 0.3) is 11.4 Å². The van der Waals surface area contributed by atoms with Crippen LogP contribution in [0, 0.1) is 0 Å². The summed E-state index contributed by atoms with van der Waals surface area (Å²) in [4.78, 5) is 16.8. The van der Waals surface area contributed by atoms with Gasteiger partial charge in [0.05, 0.1) is 28.4 Å². The lowest BCUT2D eigenvalue weighted by Gasteiger charge is -2.08. The molecule has 9 heteroatoms. The maximum atomic E-state index is 12.5. The van der Waals surface area contributed by atoms with Gasteiger partial charge in [-0.2, -0.15) is 4.98 Å². The van der Waals surface area contributed by atoms with E-state index >= 15 is 0 Å². The quantitative estimate of drug-likeness (QED) is 0.645. The van der Waals surface area contributed by atoms with Crippen LogP contribution in [0.2, 0.25) is 0 Å². The van der Waals surface area contributed by atoms with E-state index in [1.807, 2.05) is 0 Å². The second-order valence-electron chi connectivity index (χ2n) is 5.63. The van der Waals surface area contributed by atoms with Gasteiger partial charge in [-0.15, -0.1) is 5.10 Å². The molecule has 0 saturated heterocycles. The number of H-pyrrole nitrogens is 1. The number of benzene rings is 2. The molecule has 1 amide bonds. The van der Waals surface area contributed by atoms with E-state index in [0.29, 0.717) is 34.4 Å². The van der Waals surface area contributed by atoms with E-state index in [1.54, 1.807) is 50.6 Å². The second-order valence-corrected chi connectivity index (χ2v) is 5.63. The molecular weight excluding hydrogens is 364 g/mol. The SMILES string of the molecule is COc1cc(OC)cc(C(=O)Nc2n[nH]c(-c3ccc(OC)c(OC)c3)n2)c1. The topological polar surface area (TPSA) is 108 Å². The van der Waals surface area contributed by atoms with Gasteiger partial charge in [0, 0.05) is 17.2 Å². The molecule has 28 heavy (non-hydrogen) atoms. The number of nitrogens with one attached hydrogen (secondary N) is 2. The smallest absolute Gasteiger partial charge is 0.258 e. The molecule has 2 aromatic carbocycles. The van der Waals surface area contributed by atoms with Crippen molar-refractivity contribution in [1.29, 1.82) is 0 Å². The first-order valence-electron chi connectivity index (χ1n) is 8.27. The van der Waals surface area contributed by atoms with E-state index in [1.165, 1.54) is 14.2 Å². The minimum atomic E-state index is -0.393. The Bertz CT molecular complexity index is 964. The van der Waals surface area contributed by atoms with Crippen LogP contribution < -0.4 is 24.3 Å². The minimum Gasteiger partial charge on any atom is -0.497 e. The average Bonchev–Trinajstić information content (AvgIpc) is 3.21. The molecule has 3 rings (SSSR count). The molecule has 0 fully saturated rings. The molecule has 3 aromatic rings.